The lowest BCUT2D eigenvalue weighted by molar-refractivity contribution is 0.710. The standard InChI is InChI=1S/C12H12BrN/c13-12-10-4-2-1-3-8(10)9-5-6-14-7-11(9)12/h1-4,12,14H,5-7H2. The summed E-state index contributed by atoms with van der Waals surface area (Å²) in [4.78, 5) is 0.446. The van der Waals surface area contributed by atoms with Crippen molar-refractivity contribution in [2.45, 2.75) is 11.2 Å². The van der Waals surface area contributed by atoms with Gasteiger partial charge in [0.15, 0.2) is 0 Å². The van der Waals surface area contributed by atoms with Crippen LogP contribution in [0.15, 0.2) is 29.8 Å². The van der Waals surface area contributed by atoms with Gasteiger partial charge < -0.3 is 5.32 Å². The Balaban J connectivity index is 2.18. The van der Waals surface area contributed by atoms with Gasteiger partial charge in [-0.05, 0) is 35.2 Å². The fraction of sp³-hybridized carbons (Fsp3) is 0.333. The van der Waals surface area contributed by atoms with E-state index in [1.165, 1.54) is 23.1 Å². The SMILES string of the molecule is BrC1C2=C(CCNC2)c2ccccc21. The Kier molecular flexibility index (Phi) is 1.99. The number of hydrogen-bond acceptors (Lipinski definition) is 1. The van der Waals surface area contributed by atoms with Crippen molar-refractivity contribution in [1.82, 2.24) is 5.32 Å². The van der Waals surface area contributed by atoms with E-state index in [4.69, 9.17) is 0 Å². The van der Waals surface area contributed by atoms with Crippen LogP contribution < -0.4 is 5.32 Å². The van der Waals surface area contributed by atoms with Crippen LogP contribution >= 0.6 is 15.9 Å². The molecule has 1 unspecified atom stereocenters. The molecule has 0 radical (unpaired) electrons. The zero-order valence-corrected chi connectivity index (χ0v) is 9.47. The van der Waals surface area contributed by atoms with Crippen molar-refractivity contribution in [3.05, 3.63) is 41.0 Å². The van der Waals surface area contributed by atoms with Gasteiger partial charge in [-0.15, -0.1) is 0 Å². The molecule has 1 atom stereocenters. The topological polar surface area (TPSA) is 12.0 Å². The van der Waals surface area contributed by atoms with Gasteiger partial charge in [-0.1, -0.05) is 40.2 Å². The van der Waals surface area contributed by atoms with E-state index in [0.717, 1.165) is 13.1 Å². The highest BCUT2D eigenvalue weighted by Gasteiger charge is 2.29. The van der Waals surface area contributed by atoms with E-state index in [0.29, 0.717) is 4.83 Å². The van der Waals surface area contributed by atoms with Gasteiger partial charge in [0.1, 0.15) is 0 Å². The number of halogens is 1. The normalized spacial score (nSPS) is 24.8. The molecule has 1 aromatic carbocycles. The summed E-state index contributed by atoms with van der Waals surface area (Å²) in [7, 11) is 0. The fourth-order valence-corrected chi connectivity index (χ4v) is 3.27. The molecule has 0 bridgehead atoms. The molecule has 1 N–H and O–H groups in total. The van der Waals surface area contributed by atoms with E-state index >= 15 is 0 Å². The van der Waals surface area contributed by atoms with Crippen LogP contribution in [0.4, 0.5) is 0 Å². The predicted molar refractivity (Wildman–Crippen MR) is 62.5 cm³/mol. The van der Waals surface area contributed by atoms with Gasteiger partial charge in [-0.2, -0.15) is 0 Å². The molecular formula is C12H12BrN. The lowest BCUT2D eigenvalue weighted by Gasteiger charge is -2.17. The van der Waals surface area contributed by atoms with Gasteiger partial charge in [0.25, 0.3) is 0 Å². The number of rotatable bonds is 0. The van der Waals surface area contributed by atoms with E-state index < -0.39 is 0 Å². The maximum Gasteiger partial charge on any atom is 0.0628 e. The highest BCUT2D eigenvalue weighted by atomic mass is 79.9. The molecule has 0 aromatic heterocycles. The third-order valence-corrected chi connectivity index (χ3v) is 4.17. The summed E-state index contributed by atoms with van der Waals surface area (Å²) < 4.78 is 0. The second-order valence-electron chi connectivity index (χ2n) is 3.88. The first-order valence-electron chi connectivity index (χ1n) is 5.04. The first-order chi connectivity index (χ1) is 6.88. The molecule has 0 saturated carbocycles. The summed E-state index contributed by atoms with van der Waals surface area (Å²) in [6.45, 7) is 2.16. The first-order valence-corrected chi connectivity index (χ1v) is 5.95. The molecule has 0 spiro atoms. The van der Waals surface area contributed by atoms with Crippen LogP contribution in [0.2, 0.25) is 0 Å². The lowest BCUT2D eigenvalue weighted by Crippen LogP contribution is -2.23. The minimum absolute atomic E-state index is 0.446. The summed E-state index contributed by atoms with van der Waals surface area (Å²) >= 11 is 3.78. The van der Waals surface area contributed by atoms with E-state index in [-0.39, 0.29) is 0 Å². The molecule has 0 fully saturated rings. The highest BCUT2D eigenvalue weighted by molar-refractivity contribution is 9.09. The second kappa shape index (κ2) is 3.21. The van der Waals surface area contributed by atoms with Crippen LogP contribution in [0.25, 0.3) is 5.57 Å². The molecule has 2 heteroatoms. The van der Waals surface area contributed by atoms with Crippen molar-refractivity contribution >= 4 is 21.5 Å². The van der Waals surface area contributed by atoms with Crippen LogP contribution in [0.1, 0.15) is 22.4 Å². The molecule has 1 nitrogen and oxygen atoms in total. The zero-order valence-electron chi connectivity index (χ0n) is 7.89. The summed E-state index contributed by atoms with van der Waals surface area (Å²) in [5, 5.41) is 3.43. The molecular weight excluding hydrogens is 238 g/mol. The second-order valence-corrected chi connectivity index (χ2v) is 4.80. The van der Waals surface area contributed by atoms with E-state index in [9.17, 15) is 0 Å². The van der Waals surface area contributed by atoms with E-state index in [2.05, 4.69) is 45.5 Å². The summed E-state index contributed by atoms with van der Waals surface area (Å²) in [6.07, 6.45) is 1.18. The van der Waals surface area contributed by atoms with Crippen LogP contribution in [0.3, 0.4) is 0 Å². The van der Waals surface area contributed by atoms with Crippen molar-refractivity contribution in [3.8, 4) is 0 Å². The van der Waals surface area contributed by atoms with E-state index in [1.807, 2.05) is 0 Å². The predicted octanol–water partition coefficient (Wildman–Crippen LogP) is 2.88. The minimum atomic E-state index is 0.446. The average Bonchev–Trinajstić information content (AvgIpc) is 2.55. The zero-order chi connectivity index (χ0) is 9.54. The molecule has 14 heavy (non-hydrogen) atoms. The van der Waals surface area contributed by atoms with Crippen molar-refractivity contribution < 1.29 is 0 Å². The molecule has 0 saturated heterocycles. The molecule has 1 aliphatic carbocycles. The van der Waals surface area contributed by atoms with Gasteiger partial charge in [0.05, 0.1) is 4.83 Å². The van der Waals surface area contributed by atoms with Crippen molar-refractivity contribution in [2.75, 3.05) is 13.1 Å². The Labute approximate surface area is 92.3 Å². The average molecular weight is 250 g/mol. The van der Waals surface area contributed by atoms with Crippen LogP contribution in [0.5, 0.6) is 0 Å². The number of nitrogens with one attached hydrogen (secondary N) is 1. The Morgan fingerprint density at radius 3 is 3.07 bits per heavy atom. The number of fused-ring (bicyclic) bond motifs is 2. The van der Waals surface area contributed by atoms with Crippen molar-refractivity contribution in [3.63, 3.8) is 0 Å². The van der Waals surface area contributed by atoms with E-state index in [1.54, 1.807) is 5.57 Å². The molecule has 3 rings (SSSR count). The Hall–Kier alpha value is -0.600. The number of alkyl halides is 1. The lowest BCUT2D eigenvalue weighted by atomic mass is 10.0. The maximum absolute atomic E-state index is 3.78. The third-order valence-electron chi connectivity index (χ3n) is 3.12. The quantitative estimate of drug-likeness (QED) is 0.698. The smallest absolute Gasteiger partial charge is 0.0628 e. The molecule has 1 aliphatic heterocycles. The Morgan fingerprint density at radius 2 is 2.14 bits per heavy atom. The van der Waals surface area contributed by atoms with Gasteiger partial charge in [-0.25, -0.2) is 0 Å². The maximum atomic E-state index is 3.78. The molecule has 2 aliphatic rings. The minimum Gasteiger partial charge on any atom is -0.313 e. The molecule has 72 valence electrons. The van der Waals surface area contributed by atoms with Crippen molar-refractivity contribution in [2.24, 2.45) is 0 Å². The van der Waals surface area contributed by atoms with Crippen molar-refractivity contribution in [1.29, 1.82) is 0 Å². The monoisotopic (exact) mass is 249 g/mol. The fourth-order valence-electron chi connectivity index (χ4n) is 2.43. The van der Waals surface area contributed by atoms with Gasteiger partial charge in [0, 0.05) is 6.54 Å². The largest absolute Gasteiger partial charge is 0.313 e. The molecule has 1 aromatic rings. The third kappa shape index (κ3) is 1.11. The molecule has 0 amide bonds. The van der Waals surface area contributed by atoms with Crippen LogP contribution in [-0.4, -0.2) is 13.1 Å². The Bertz CT molecular complexity index is 409. The molecule has 1 heterocycles. The van der Waals surface area contributed by atoms with Gasteiger partial charge >= 0.3 is 0 Å². The highest BCUT2D eigenvalue weighted by Crippen LogP contribution is 2.47. The van der Waals surface area contributed by atoms with Crippen LogP contribution in [0, 0.1) is 0 Å². The number of benzene rings is 1. The van der Waals surface area contributed by atoms with Gasteiger partial charge in [-0.3, -0.25) is 0 Å². The summed E-state index contributed by atoms with van der Waals surface area (Å²) in [5.74, 6) is 0. The number of hydrogen-bond donors (Lipinski definition) is 1. The van der Waals surface area contributed by atoms with Crippen LogP contribution in [-0.2, 0) is 0 Å². The summed E-state index contributed by atoms with van der Waals surface area (Å²) in [6, 6.07) is 8.74. The first kappa shape index (κ1) is 8.69. The summed E-state index contributed by atoms with van der Waals surface area (Å²) in [5.41, 5.74) is 6.02. The van der Waals surface area contributed by atoms with Gasteiger partial charge in [0.2, 0.25) is 0 Å². The Morgan fingerprint density at radius 1 is 1.29 bits per heavy atom.